The molecule has 0 radical (unpaired) electrons. The number of rotatable bonds is 8. The number of Topliss-reactive ketones (excluding diaryl/α,β-unsaturated/α-hetero) is 1. The molecule has 0 aliphatic carbocycles. The molecule has 1 atom stereocenters. The molecular formula is C10H14ClF4NO2. The van der Waals surface area contributed by atoms with Crippen LogP contribution in [-0.2, 0) is 9.59 Å². The molecule has 0 rings (SSSR count). The SMILES string of the molecule is CCCC(CC(=O)CCl)NC(=O)C(F)(F)C(F)F. The van der Waals surface area contributed by atoms with E-state index in [0.29, 0.717) is 6.42 Å². The third-order valence-electron chi connectivity index (χ3n) is 2.17. The zero-order chi connectivity index (χ0) is 14.3. The Labute approximate surface area is 107 Å². The predicted octanol–water partition coefficient (Wildman–Crippen LogP) is 2.37. The summed E-state index contributed by atoms with van der Waals surface area (Å²) in [5.41, 5.74) is 0. The Hall–Kier alpha value is -0.850. The van der Waals surface area contributed by atoms with E-state index in [1.54, 1.807) is 12.2 Å². The molecule has 0 aromatic heterocycles. The summed E-state index contributed by atoms with van der Waals surface area (Å²) < 4.78 is 49.2. The molecule has 0 heterocycles. The Balaban J connectivity index is 4.58. The van der Waals surface area contributed by atoms with Crippen molar-refractivity contribution in [1.29, 1.82) is 0 Å². The summed E-state index contributed by atoms with van der Waals surface area (Å²) in [5, 5.41) is 1.76. The first-order valence-corrected chi connectivity index (χ1v) is 5.83. The van der Waals surface area contributed by atoms with E-state index in [0.717, 1.165) is 0 Å². The van der Waals surface area contributed by atoms with Gasteiger partial charge in [0.05, 0.1) is 5.88 Å². The van der Waals surface area contributed by atoms with Gasteiger partial charge in [0.25, 0.3) is 5.91 Å². The Kier molecular flexibility index (Phi) is 7.20. The lowest BCUT2D eigenvalue weighted by molar-refractivity contribution is -0.170. The van der Waals surface area contributed by atoms with E-state index < -0.39 is 30.1 Å². The maximum atomic E-state index is 12.7. The van der Waals surface area contributed by atoms with Gasteiger partial charge >= 0.3 is 12.3 Å². The molecule has 18 heavy (non-hydrogen) atoms. The van der Waals surface area contributed by atoms with E-state index in [1.807, 2.05) is 0 Å². The van der Waals surface area contributed by atoms with Gasteiger partial charge in [-0.25, -0.2) is 8.78 Å². The number of alkyl halides is 5. The second kappa shape index (κ2) is 7.56. The van der Waals surface area contributed by atoms with E-state index in [-0.39, 0.29) is 18.7 Å². The maximum absolute atomic E-state index is 12.7. The number of carbonyl (C=O) groups is 2. The van der Waals surface area contributed by atoms with Gasteiger partial charge in [-0.2, -0.15) is 8.78 Å². The monoisotopic (exact) mass is 291 g/mol. The van der Waals surface area contributed by atoms with Gasteiger partial charge in [-0.05, 0) is 6.42 Å². The molecule has 0 bridgehead atoms. The molecule has 0 spiro atoms. The molecule has 1 amide bonds. The summed E-state index contributed by atoms with van der Waals surface area (Å²) in [5.74, 6) is -7.59. The fourth-order valence-corrected chi connectivity index (χ4v) is 1.39. The summed E-state index contributed by atoms with van der Waals surface area (Å²) in [4.78, 5) is 22.0. The predicted molar refractivity (Wildman–Crippen MR) is 58.1 cm³/mol. The Morgan fingerprint density at radius 1 is 1.33 bits per heavy atom. The normalized spacial score (nSPS) is 13.5. The highest BCUT2D eigenvalue weighted by Gasteiger charge is 2.49. The number of hydrogen-bond acceptors (Lipinski definition) is 2. The van der Waals surface area contributed by atoms with Crippen molar-refractivity contribution < 1.29 is 27.2 Å². The molecule has 3 nitrogen and oxygen atoms in total. The minimum Gasteiger partial charge on any atom is -0.347 e. The molecule has 0 saturated heterocycles. The van der Waals surface area contributed by atoms with Gasteiger partial charge in [-0.3, -0.25) is 9.59 Å². The minimum atomic E-state index is -4.75. The molecule has 0 aromatic rings. The molecule has 8 heteroatoms. The van der Waals surface area contributed by atoms with E-state index in [4.69, 9.17) is 11.6 Å². The van der Waals surface area contributed by atoms with Gasteiger partial charge in [0.1, 0.15) is 5.78 Å². The fourth-order valence-electron chi connectivity index (χ4n) is 1.28. The summed E-state index contributed by atoms with van der Waals surface area (Å²) in [7, 11) is 0. The highest BCUT2D eigenvalue weighted by Crippen LogP contribution is 2.23. The lowest BCUT2D eigenvalue weighted by atomic mass is 10.1. The lowest BCUT2D eigenvalue weighted by Crippen LogP contribution is -2.49. The van der Waals surface area contributed by atoms with Crippen molar-refractivity contribution in [2.45, 2.75) is 44.6 Å². The molecular weight excluding hydrogens is 278 g/mol. The molecule has 106 valence electrons. The number of amides is 1. The van der Waals surface area contributed by atoms with Crippen LogP contribution >= 0.6 is 11.6 Å². The second-order valence-electron chi connectivity index (χ2n) is 3.76. The highest BCUT2D eigenvalue weighted by atomic mass is 35.5. The summed E-state index contributed by atoms with van der Waals surface area (Å²) in [6, 6.07) is -0.904. The van der Waals surface area contributed by atoms with Crippen LogP contribution in [0.1, 0.15) is 26.2 Å². The summed E-state index contributed by atoms with van der Waals surface area (Å²) >= 11 is 5.24. The van der Waals surface area contributed by atoms with E-state index in [1.165, 1.54) is 0 Å². The van der Waals surface area contributed by atoms with Gasteiger partial charge in [-0.1, -0.05) is 13.3 Å². The number of halogens is 5. The third kappa shape index (κ3) is 5.20. The Morgan fingerprint density at radius 3 is 2.28 bits per heavy atom. The maximum Gasteiger partial charge on any atom is 0.383 e. The van der Waals surface area contributed by atoms with Crippen LogP contribution < -0.4 is 5.32 Å². The molecule has 0 aromatic carbocycles. The van der Waals surface area contributed by atoms with Crippen molar-refractivity contribution in [3.05, 3.63) is 0 Å². The molecule has 0 fully saturated rings. The van der Waals surface area contributed by atoms with E-state index >= 15 is 0 Å². The van der Waals surface area contributed by atoms with Crippen molar-refractivity contribution in [2.24, 2.45) is 0 Å². The minimum absolute atomic E-state index is 0.230. The average Bonchev–Trinajstić information content (AvgIpc) is 2.28. The Bertz CT molecular complexity index is 300. The largest absolute Gasteiger partial charge is 0.383 e. The van der Waals surface area contributed by atoms with Crippen molar-refractivity contribution in [1.82, 2.24) is 5.32 Å². The van der Waals surface area contributed by atoms with Crippen LogP contribution in [0.25, 0.3) is 0 Å². The summed E-state index contributed by atoms with van der Waals surface area (Å²) in [6.45, 7) is 1.70. The molecule has 0 aliphatic rings. The van der Waals surface area contributed by atoms with Gasteiger partial charge < -0.3 is 5.32 Å². The first kappa shape index (κ1) is 17.2. The van der Waals surface area contributed by atoms with Crippen molar-refractivity contribution in [3.8, 4) is 0 Å². The van der Waals surface area contributed by atoms with Crippen LogP contribution in [0.15, 0.2) is 0 Å². The molecule has 0 aliphatic heterocycles. The zero-order valence-corrected chi connectivity index (χ0v) is 10.4. The lowest BCUT2D eigenvalue weighted by Gasteiger charge is -2.21. The van der Waals surface area contributed by atoms with Crippen LogP contribution in [0.5, 0.6) is 0 Å². The van der Waals surface area contributed by atoms with Crippen molar-refractivity contribution in [2.75, 3.05) is 5.88 Å². The van der Waals surface area contributed by atoms with Crippen LogP contribution in [0.4, 0.5) is 17.6 Å². The highest BCUT2D eigenvalue weighted by molar-refractivity contribution is 6.27. The number of nitrogens with one attached hydrogen (secondary N) is 1. The first-order chi connectivity index (χ1) is 8.25. The van der Waals surface area contributed by atoms with Gasteiger partial charge in [-0.15, -0.1) is 11.6 Å². The molecule has 1 N–H and O–H groups in total. The second-order valence-corrected chi connectivity index (χ2v) is 4.03. The topological polar surface area (TPSA) is 46.2 Å². The molecule has 1 unspecified atom stereocenters. The van der Waals surface area contributed by atoms with Gasteiger partial charge in [0, 0.05) is 12.5 Å². The van der Waals surface area contributed by atoms with Crippen molar-refractivity contribution in [3.63, 3.8) is 0 Å². The number of carbonyl (C=O) groups excluding carboxylic acids is 2. The number of ketones is 1. The number of hydrogen-bond donors (Lipinski definition) is 1. The van der Waals surface area contributed by atoms with Crippen LogP contribution in [0.2, 0.25) is 0 Å². The zero-order valence-electron chi connectivity index (χ0n) is 9.69. The van der Waals surface area contributed by atoms with Crippen LogP contribution in [0.3, 0.4) is 0 Å². The average molecular weight is 292 g/mol. The van der Waals surface area contributed by atoms with Crippen molar-refractivity contribution >= 4 is 23.3 Å². The smallest absolute Gasteiger partial charge is 0.347 e. The van der Waals surface area contributed by atoms with Crippen LogP contribution in [-0.4, -0.2) is 36.0 Å². The molecule has 0 saturated carbocycles. The Morgan fingerprint density at radius 2 is 1.89 bits per heavy atom. The van der Waals surface area contributed by atoms with E-state index in [9.17, 15) is 27.2 Å². The quantitative estimate of drug-likeness (QED) is 0.551. The van der Waals surface area contributed by atoms with Gasteiger partial charge in [0.15, 0.2) is 0 Å². The third-order valence-corrected chi connectivity index (χ3v) is 2.47. The van der Waals surface area contributed by atoms with Crippen LogP contribution in [0, 0.1) is 0 Å². The summed E-state index contributed by atoms with van der Waals surface area (Å²) in [6.07, 6.45) is -3.60. The van der Waals surface area contributed by atoms with E-state index in [2.05, 4.69) is 0 Å². The first-order valence-electron chi connectivity index (χ1n) is 5.30. The fraction of sp³-hybridized carbons (Fsp3) is 0.800. The standard InChI is InChI=1S/C10H14ClF4NO2/c1-2-3-6(4-7(17)5-11)16-9(18)10(14,15)8(12)13/h6,8H,2-5H2,1H3,(H,16,18). The van der Waals surface area contributed by atoms with Gasteiger partial charge in [0.2, 0.25) is 0 Å².